The van der Waals surface area contributed by atoms with Gasteiger partial charge in [0.25, 0.3) is 0 Å². The highest BCUT2D eigenvalue weighted by molar-refractivity contribution is 6.01. The third kappa shape index (κ3) is 3.30. The zero-order chi connectivity index (χ0) is 18.1. The van der Waals surface area contributed by atoms with E-state index in [0.717, 1.165) is 69.7 Å². The van der Waals surface area contributed by atoms with Gasteiger partial charge in [-0.05, 0) is 75.2 Å². The zero-order valence-corrected chi connectivity index (χ0v) is 15.2. The lowest BCUT2D eigenvalue weighted by molar-refractivity contribution is -0.118. The van der Waals surface area contributed by atoms with Crippen LogP contribution in [0.3, 0.4) is 0 Å². The second-order valence-electron chi connectivity index (χ2n) is 8.00. The number of nitrogens with zero attached hydrogens (tertiary/aromatic N) is 1. The molecular weight excluding hydrogens is 328 g/mol. The zero-order valence-electron chi connectivity index (χ0n) is 15.2. The summed E-state index contributed by atoms with van der Waals surface area (Å²) < 4.78 is 0. The van der Waals surface area contributed by atoms with Crippen molar-refractivity contribution in [3.8, 4) is 0 Å². The highest BCUT2D eigenvalue weighted by atomic mass is 16.2. The molecule has 1 aromatic rings. The topological polar surface area (TPSA) is 87.5 Å². The summed E-state index contributed by atoms with van der Waals surface area (Å²) in [6.07, 6.45) is 6.69. The fraction of sp³-hybridized carbons (Fsp3) is 0.600. The molecule has 2 aliphatic heterocycles. The first-order chi connectivity index (χ1) is 12.6. The molecule has 4 N–H and O–H groups in total. The van der Waals surface area contributed by atoms with Crippen LogP contribution in [0.4, 0.5) is 11.4 Å². The Balaban J connectivity index is 1.54. The molecule has 3 fully saturated rings. The Hall–Kier alpha value is -2.08. The molecule has 26 heavy (non-hydrogen) atoms. The van der Waals surface area contributed by atoms with Crippen LogP contribution in [0.2, 0.25) is 0 Å². The number of rotatable bonds is 4. The summed E-state index contributed by atoms with van der Waals surface area (Å²) in [4.78, 5) is 26.8. The van der Waals surface area contributed by atoms with Crippen molar-refractivity contribution in [3.05, 3.63) is 23.8 Å². The largest absolute Gasteiger partial charge is 0.370 e. The van der Waals surface area contributed by atoms with Crippen LogP contribution in [0.25, 0.3) is 0 Å². The SMILES string of the molecule is NC(=O)c1ccc(N2CCCCC2)c(NC(=O)C2CC23CCNCC3)c1. The average Bonchev–Trinajstić information content (AvgIpc) is 3.36. The monoisotopic (exact) mass is 356 g/mol. The Morgan fingerprint density at radius 3 is 2.58 bits per heavy atom. The number of amides is 2. The number of hydrogen-bond donors (Lipinski definition) is 3. The summed E-state index contributed by atoms with van der Waals surface area (Å²) >= 11 is 0. The Kier molecular flexibility index (Phi) is 4.61. The number of anilines is 2. The van der Waals surface area contributed by atoms with Gasteiger partial charge in [-0.3, -0.25) is 9.59 Å². The van der Waals surface area contributed by atoms with Crippen LogP contribution in [-0.4, -0.2) is 38.0 Å². The van der Waals surface area contributed by atoms with Crippen molar-refractivity contribution in [1.82, 2.24) is 5.32 Å². The summed E-state index contributed by atoms with van der Waals surface area (Å²) in [6, 6.07) is 5.42. The van der Waals surface area contributed by atoms with E-state index in [9.17, 15) is 9.59 Å². The van der Waals surface area contributed by atoms with E-state index in [1.165, 1.54) is 6.42 Å². The highest BCUT2D eigenvalue weighted by Gasteiger charge is 2.57. The molecule has 1 unspecified atom stereocenters. The maximum atomic E-state index is 12.9. The summed E-state index contributed by atoms with van der Waals surface area (Å²) in [5.74, 6) is -0.283. The quantitative estimate of drug-likeness (QED) is 0.771. The summed E-state index contributed by atoms with van der Waals surface area (Å²) in [5.41, 5.74) is 7.82. The summed E-state index contributed by atoms with van der Waals surface area (Å²) in [6.45, 7) is 3.97. The summed E-state index contributed by atoms with van der Waals surface area (Å²) in [5, 5.41) is 6.50. The van der Waals surface area contributed by atoms with Crippen molar-refractivity contribution in [2.75, 3.05) is 36.4 Å². The van der Waals surface area contributed by atoms with E-state index in [0.29, 0.717) is 5.56 Å². The van der Waals surface area contributed by atoms with Crippen LogP contribution in [0, 0.1) is 11.3 Å². The molecule has 0 aromatic heterocycles. The van der Waals surface area contributed by atoms with Crippen molar-refractivity contribution in [2.24, 2.45) is 17.1 Å². The molecule has 0 bridgehead atoms. The minimum absolute atomic E-state index is 0.0896. The molecule has 3 aliphatic rings. The van der Waals surface area contributed by atoms with Crippen molar-refractivity contribution in [3.63, 3.8) is 0 Å². The molecule has 6 heteroatoms. The minimum Gasteiger partial charge on any atom is -0.370 e. The Labute approximate surface area is 154 Å². The number of benzene rings is 1. The maximum absolute atomic E-state index is 12.9. The fourth-order valence-corrected chi connectivity index (χ4v) is 4.62. The van der Waals surface area contributed by atoms with Gasteiger partial charge in [0.15, 0.2) is 0 Å². The number of nitrogens with one attached hydrogen (secondary N) is 2. The molecule has 1 atom stereocenters. The smallest absolute Gasteiger partial charge is 0.248 e. The van der Waals surface area contributed by atoms with Gasteiger partial charge in [-0.1, -0.05) is 0 Å². The van der Waals surface area contributed by atoms with Gasteiger partial charge >= 0.3 is 0 Å². The first kappa shape index (κ1) is 17.3. The summed E-state index contributed by atoms with van der Waals surface area (Å²) in [7, 11) is 0. The van der Waals surface area contributed by atoms with Crippen LogP contribution >= 0.6 is 0 Å². The second kappa shape index (κ2) is 6.91. The average molecular weight is 356 g/mol. The normalized spacial score (nSPS) is 24.3. The number of carbonyl (C=O) groups excluding carboxylic acids is 2. The van der Waals surface area contributed by atoms with E-state index in [-0.39, 0.29) is 17.2 Å². The van der Waals surface area contributed by atoms with Crippen LogP contribution in [0.1, 0.15) is 48.9 Å². The van der Waals surface area contributed by atoms with Crippen molar-refractivity contribution >= 4 is 23.2 Å². The fourth-order valence-electron chi connectivity index (χ4n) is 4.62. The molecule has 6 nitrogen and oxygen atoms in total. The third-order valence-corrected chi connectivity index (χ3v) is 6.34. The maximum Gasteiger partial charge on any atom is 0.248 e. The first-order valence-electron chi connectivity index (χ1n) is 9.79. The Morgan fingerprint density at radius 2 is 1.88 bits per heavy atom. The predicted octanol–water partition coefficient (Wildman–Crippen LogP) is 2.10. The van der Waals surface area contributed by atoms with E-state index in [2.05, 4.69) is 15.5 Å². The third-order valence-electron chi connectivity index (χ3n) is 6.34. The van der Waals surface area contributed by atoms with Crippen LogP contribution in [0.5, 0.6) is 0 Å². The number of hydrogen-bond acceptors (Lipinski definition) is 4. The lowest BCUT2D eigenvalue weighted by Crippen LogP contribution is -2.32. The molecule has 1 saturated carbocycles. The van der Waals surface area contributed by atoms with Gasteiger partial charge in [0.2, 0.25) is 11.8 Å². The predicted molar refractivity (Wildman–Crippen MR) is 102 cm³/mol. The lowest BCUT2D eigenvalue weighted by atomic mass is 9.91. The molecule has 2 heterocycles. The molecule has 2 amide bonds. The van der Waals surface area contributed by atoms with E-state index < -0.39 is 5.91 Å². The van der Waals surface area contributed by atoms with E-state index in [4.69, 9.17) is 5.73 Å². The molecule has 2 saturated heterocycles. The van der Waals surface area contributed by atoms with Crippen LogP contribution in [0.15, 0.2) is 18.2 Å². The van der Waals surface area contributed by atoms with Crippen LogP contribution < -0.4 is 21.3 Å². The number of primary amides is 1. The Bertz CT molecular complexity index is 706. The van der Waals surface area contributed by atoms with Gasteiger partial charge in [-0.15, -0.1) is 0 Å². The van der Waals surface area contributed by atoms with Crippen molar-refractivity contribution < 1.29 is 9.59 Å². The minimum atomic E-state index is -0.466. The van der Waals surface area contributed by atoms with Crippen molar-refractivity contribution in [1.29, 1.82) is 0 Å². The molecular formula is C20H28N4O2. The van der Waals surface area contributed by atoms with Crippen LogP contribution in [-0.2, 0) is 4.79 Å². The highest BCUT2D eigenvalue weighted by Crippen LogP contribution is 2.58. The van der Waals surface area contributed by atoms with Crippen molar-refractivity contribution in [2.45, 2.75) is 38.5 Å². The molecule has 1 aromatic carbocycles. The number of nitrogens with two attached hydrogens (primary N) is 1. The van der Waals surface area contributed by atoms with Gasteiger partial charge in [-0.2, -0.15) is 0 Å². The molecule has 1 spiro atoms. The number of piperidine rings is 2. The van der Waals surface area contributed by atoms with Gasteiger partial charge < -0.3 is 21.3 Å². The van der Waals surface area contributed by atoms with Gasteiger partial charge in [0.1, 0.15) is 0 Å². The van der Waals surface area contributed by atoms with Gasteiger partial charge in [0, 0.05) is 24.6 Å². The molecule has 1 aliphatic carbocycles. The second-order valence-corrected chi connectivity index (χ2v) is 8.00. The molecule has 140 valence electrons. The number of carbonyl (C=O) groups is 2. The molecule has 4 rings (SSSR count). The van der Waals surface area contributed by atoms with E-state index in [1.807, 2.05) is 6.07 Å². The Morgan fingerprint density at radius 1 is 1.15 bits per heavy atom. The van der Waals surface area contributed by atoms with Gasteiger partial charge in [-0.25, -0.2) is 0 Å². The van der Waals surface area contributed by atoms with E-state index >= 15 is 0 Å². The lowest BCUT2D eigenvalue weighted by Gasteiger charge is -2.31. The molecule has 0 radical (unpaired) electrons. The standard InChI is InChI=1S/C20H28N4O2/c21-18(25)14-4-5-17(24-10-2-1-3-11-24)16(12-14)23-19(26)15-13-20(15)6-8-22-9-7-20/h4-5,12,15,22H,1-3,6-11,13H2,(H2,21,25)(H,23,26). The van der Waals surface area contributed by atoms with E-state index in [1.54, 1.807) is 12.1 Å². The first-order valence-corrected chi connectivity index (χ1v) is 9.79. The van der Waals surface area contributed by atoms with Gasteiger partial charge in [0.05, 0.1) is 11.4 Å².